The smallest absolute Gasteiger partial charge is 0.400 e. The Labute approximate surface area is 124 Å². The minimum absolute atomic E-state index is 0.103. The number of nitriles is 1. The Kier molecular flexibility index (Phi) is 3.40. The Balaban J connectivity index is 1.91. The summed E-state index contributed by atoms with van der Waals surface area (Å²) in [7, 11) is 0. The van der Waals surface area contributed by atoms with Gasteiger partial charge in [0.25, 0.3) is 0 Å². The normalized spacial score (nSPS) is 12.9. The lowest BCUT2D eigenvalue weighted by molar-refractivity contribution is 0.342. The fraction of sp³-hybridized carbons (Fsp3) is 0.0769. The van der Waals surface area contributed by atoms with Gasteiger partial charge < -0.3 is 9.39 Å². The third kappa shape index (κ3) is 2.44. The number of hydrogen-bond acceptors (Lipinski definition) is 4. The van der Waals surface area contributed by atoms with Crippen molar-refractivity contribution < 1.29 is 9.39 Å². The van der Waals surface area contributed by atoms with Crippen LogP contribution in [0.25, 0.3) is 0 Å². The van der Waals surface area contributed by atoms with Crippen molar-refractivity contribution in [1.29, 1.82) is 5.26 Å². The van der Waals surface area contributed by atoms with Crippen molar-refractivity contribution in [2.75, 3.05) is 0 Å². The lowest BCUT2D eigenvalue weighted by atomic mass is 9.87. The van der Waals surface area contributed by atoms with E-state index in [0.717, 1.165) is 5.56 Å². The second-order valence-electron chi connectivity index (χ2n) is 4.06. The van der Waals surface area contributed by atoms with E-state index in [-0.39, 0.29) is 4.77 Å². The number of rotatable bonds is 2. The van der Waals surface area contributed by atoms with Gasteiger partial charge in [-0.1, -0.05) is 6.07 Å². The average molecular weight is 362 g/mol. The van der Waals surface area contributed by atoms with Gasteiger partial charge in [-0.15, -0.1) is 22.4 Å². The van der Waals surface area contributed by atoms with E-state index in [0.29, 0.717) is 23.8 Å². The van der Waals surface area contributed by atoms with E-state index >= 15 is 0 Å². The molecule has 0 aliphatic carbocycles. The maximum Gasteiger partial charge on any atom is 0.400 e. The summed E-state index contributed by atoms with van der Waals surface area (Å²) < 4.78 is 11.3. The molecule has 0 bridgehead atoms. The molecular formula is C13H8BIN2O2. The monoisotopic (exact) mass is 362 g/mol. The Hall–Kier alpha value is -1.59. The Morgan fingerprint density at radius 2 is 2.32 bits per heavy atom. The predicted molar refractivity (Wildman–Crippen MR) is 79.7 cm³/mol. The summed E-state index contributed by atoms with van der Waals surface area (Å²) in [5.74, 6) is 0.998. The highest BCUT2D eigenvalue weighted by Gasteiger charge is 2.25. The minimum Gasteiger partial charge on any atom is -0.438 e. The fourth-order valence-electron chi connectivity index (χ4n) is 1.91. The molecule has 2 heterocycles. The van der Waals surface area contributed by atoms with Crippen LogP contribution in [-0.4, -0.2) is 9.76 Å². The van der Waals surface area contributed by atoms with Crippen molar-refractivity contribution in [1.82, 2.24) is 4.98 Å². The summed E-state index contributed by atoms with van der Waals surface area (Å²) in [6, 6.07) is 11.2. The maximum absolute atomic E-state index is 9.00. The molecule has 0 N–H and O–H groups in total. The molecule has 0 saturated carbocycles. The van der Waals surface area contributed by atoms with Gasteiger partial charge in [0.05, 0.1) is 6.61 Å². The van der Waals surface area contributed by atoms with Gasteiger partial charge in [0, 0.05) is 6.20 Å². The molecular weight excluding hydrogens is 354 g/mol. The van der Waals surface area contributed by atoms with Gasteiger partial charge in [-0.25, -0.2) is 4.98 Å². The first-order valence-corrected chi connectivity index (χ1v) is 6.94. The van der Waals surface area contributed by atoms with Gasteiger partial charge in [0.15, 0.2) is 0 Å². The van der Waals surface area contributed by atoms with Crippen LogP contribution in [0.1, 0.15) is 11.1 Å². The number of aromatic nitrogens is 1. The molecule has 0 amide bonds. The second-order valence-corrected chi connectivity index (χ2v) is 5.19. The van der Waals surface area contributed by atoms with Crippen LogP contribution in [0.2, 0.25) is 0 Å². The lowest BCUT2D eigenvalue weighted by Crippen LogP contribution is -2.20. The van der Waals surface area contributed by atoms with Crippen molar-refractivity contribution in [3.05, 3.63) is 47.7 Å². The molecule has 3 rings (SSSR count). The first-order valence-electron chi connectivity index (χ1n) is 5.69. The average Bonchev–Trinajstić information content (AvgIpc) is 2.81. The van der Waals surface area contributed by atoms with E-state index in [9.17, 15) is 0 Å². The lowest BCUT2D eigenvalue weighted by Gasteiger charge is -2.07. The van der Waals surface area contributed by atoms with Crippen LogP contribution < -0.4 is 10.2 Å². The van der Waals surface area contributed by atoms with E-state index in [4.69, 9.17) is 14.7 Å². The quantitative estimate of drug-likeness (QED) is 0.609. The van der Waals surface area contributed by atoms with Crippen LogP contribution in [-0.2, 0) is 11.3 Å². The molecule has 92 valence electrons. The molecule has 0 atom stereocenters. The molecule has 1 aliphatic rings. The number of hydrogen-bond donors (Lipinski definition) is 0. The Bertz CT molecular complexity index is 672. The molecule has 0 radical (unpaired) electrons. The largest absolute Gasteiger partial charge is 0.438 e. The number of fused-ring (bicyclic) bond motifs is 1. The predicted octanol–water partition coefficient (Wildman–Crippen LogP) is 2.41. The molecule has 4 nitrogen and oxygen atoms in total. The highest BCUT2D eigenvalue weighted by molar-refractivity contribution is 14.1. The van der Waals surface area contributed by atoms with Crippen LogP contribution in [0.4, 0.5) is 0 Å². The van der Waals surface area contributed by atoms with Crippen molar-refractivity contribution in [3.8, 4) is 17.7 Å². The molecule has 2 aromatic rings. The van der Waals surface area contributed by atoms with Crippen molar-refractivity contribution in [3.63, 3.8) is 0 Å². The topological polar surface area (TPSA) is 55.1 Å². The molecule has 19 heavy (non-hydrogen) atoms. The highest BCUT2D eigenvalue weighted by atomic mass is 127. The first-order chi connectivity index (χ1) is 9.28. The van der Waals surface area contributed by atoms with Crippen molar-refractivity contribution in [2.45, 2.75) is 6.61 Å². The number of halogens is 1. The van der Waals surface area contributed by atoms with Gasteiger partial charge in [-0.3, -0.25) is 0 Å². The molecule has 0 fully saturated rings. The van der Waals surface area contributed by atoms with Gasteiger partial charge in [0.2, 0.25) is 5.88 Å². The van der Waals surface area contributed by atoms with E-state index in [2.05, 4.69) is 33.4 Å². The van der Waals surface area contributed by atoms with Gasteiger partial charge in [0.1, 0.15) is 17.4 Å². The third-order valence-electron chi connectivity index (χ3n) is 2.85. The molecule has 1 aromatic carbocycles. The zero-order chi connectivity index (χ0) is 13.2. The van der Waals surface area contributed by atoms with Crippen LogP contribution >= 0.6 is 22.4 Å². The molecule has 6 heteroatoms. The maximum atomic E-state index is 9.00. The summed E-state index contributed by atoms with van der Waals surface area (Å²) in [6.45, 7) is 0.591. The number of pyridine rings is 1. The summed E-state index contributed by atoms with van der Waals surface area (Å²) >= 11 is 2.25. The van der Waals surface area contributed by atoms with Gasteiger partial charge in [-0.2, -0.15) is 5.26 Å². The highest BCUT2D eigenvalue weighted by Crippen LogP contribution is 2.25. The van der Waals surface area contributed by atoms with Gasteiger partial charge in [-0.05, 0) is 35.3 Å². The van der Waals surface area contributed by atoms with Crippen molar-refractivity contribution >= 4 is 32.6 Å². The van der Waals surface area contributed by atoms with E-state index in [1.165, 1.54) is 5.46 Å². The Morgan fingerprint density at radius 3 is 3.16 bits per heavy atom. The summed E-state index contributed by atoms with van der Waals surface area (Å²) in [6.07, 6.45) is 1.60. The first kappa shape index (κ1) is 12.4. The standard InChI is InChI=1S/C13H8BIN2O2/c15-14-12-4-3-11(6-10(12)8-18-14)19-13-9(7-16)2-1-5-17-13/h1-6H,8H2. The van der Waals surface area contributed by atoms with Crippen molar-refractivity contribution in [2.24, 2.45) is 0 Å². The number of nitrogens with zero attached hydrogens (tertiary/aromatic N) is 2. The number of ether oxygens (including phenoxy) is 1. The van der Waals surface area contributed by atoms with E-state index < -0.39 is 0 Å². The summed E-state index contributed by atoms with van der Waals surface area (Å²) in [5.41, 5.74) is 2.71. The van der Waals surface area contributed by atoms with Crippen LogP contribution in [0.5, 0.6) is 11.6 Å². The molecule has 1 aliphatic heterocycles. The van der Waals surface area contributed by atoms with Crippen LogP contribution in [0, 0.1) is 11.3 Å². The Morgan fingerprint density at radius 1 is 1.42 bits per heavy atom. The number of benzene rings is 1. The molecule has 0 spiro atoms. The fourth-order valence-corrected chi connectivity index (χ4v) is 2.70. The summed E-state index contributed by atoms with van der Waals surface area (Å²) in [4.78, 5) is 4.08. The van der Waals surface area contributed by atoms with E-state index in [1.807, 2.05) is 18.2 Å². The SMILES string of the molecule is N#Cc1cccnc1Oc1ccc2c(c1)COB2I. The summed E-state index contributed by atoms with van der Waals surface area (Å²) in [5, 5.41) is 9.00. The minimum atomic E-state index is 0.103. The second kappa shape index (κ2) is 5.19. The van der Waals surface area contributed by atoms with E-state index in [1.54, 1.807) is 18.3 Å². The van der Waals surface area contributed by atoms with Gasteiger partial charge >= 0.3 is 4.77 Å². The molecule has 1 aromatic heterocycles. The third-order valence-corrected chi connectivity index (χ3v) is 3.88. The zero-order valence-corrected chi connectivity index (χ0v) is 12.0. The van der Waals surface area contributed by atoms with Crippen LogP contribution in [0.15, 0.2) is 36.5 Å². The molecule has 0 unspecified atom stereocenters. The van der Waals surface area contributed by atoms with Crippen LogP contribution in [0.3, 0.4) is 0 Å². The molecule has 0 saturated heterocycles. The zero-order valence-electron chi connectivity index (χ0n) is 9.84.